The summed E-state index contributed by atoms with van der Waals surface area (Å²) in [5, 5.41) is 3.35. The number of amides is 1. The van der Waals surface area contributed by atoms with Crippen LogP contribution in [0.25, 0.3) is 0 Å². The van der Waals surface area contributed by atoms with Crippen LogP contribution in [0.5, 0.6) is 0 Å². The molecule has 19 heavy (non-hydrogen) atoms. The third-order valence-corrected chi connectivity index (χ3v) is 6.36. The molecule has 3 fully saturated rings. The van der Waals surface area contributed by atoms with Gasteiger partial charge >= 0.3 is 0 Å². The maximum atomic E-state index is 12.4. The van der Waals surface area contributed by atoms with Gasteiger partial charge < -0.3 is 10.2 Å². The molecule has 1 N–H and O–H groups in total. The number of carbonyl (C=O) groups excluding carboxylic acids is 1. The molecule has 0 aromatic heterocycles. The molecule has 2 bridgehead atoms. The van der Waals surface area contributed by atoms with E-state index in [2.05, 4.69) is 5.32 Å². The summed E-state index contributed by atoms with van der Waals surface area (Å²) in [5.41, 5.74) is 0. The molecule has 2 atom stereocenters. The monoisotopic (exact) mass is 287 g/mol. The lowest BCUT2D eigenvalue weighted by Crippen LogP contribution is -2.47. The highest BCUT2D eigenvalue weighted by molar-refractivity contribution is 7.89. The molecule has 0 spiro atoms. The maximum Gasteiger partial charge on any atom is 0.238 e. The molecule has 3 heterocycles. The Morgan fingerprint density at radius 2 is 2.00 bits per heavy atom. The molecular weight excluding hydrogens is 266 g/mol. The first-order chi connectivity index (χ1) is 9.08. The van der Waals surface area contributed by atoms with Gasteiger partial charge in [-0.25, -0.2) is 8.42 Å². The molecule has 0 aliphatic carbocycles. The SMILES string of the molecule is O=C(CN1CCCS1(=O)=O)N1C2CCNCC1CC2. The highest BCUT2D eigenvalue weighted by atomic mass is 32.2. The van der Waals surface area contributed by atoms with Crippen LogP contribution in [0, 0.1) is 0 Å². The quantitative estimate of drug-likeness (QED) is 0.734. The molecule has 108 valence electrons. The van der Waals surface area contributed by atoms with Crippen molar-refractivity contribution in [3.63, 3.8) is 0 Å². The minimum atomic E-state index is -3.17. The number of hydrogen-bond acceptors (Lipinski definition) is 4. The van der Waals surface area contributed by atoms with Crippen molar-refractivity contribution < 1.29 is 13.2 Å². The zero-order chi connectivity index (χ0) is 13.5. The normalized spacial score (nSPS) is 34.4. The number of fused-ring (bicyclic) bond motifs is 2. The van der Waals surface area contributed by atoms with Gasteiger partial charge in [-0.15, -0.1) is 0 Å². The van der Waals surface area contributed by atoms with Crippen molar-refractivity contribution >= 4 is 15.9 Å². The van der Waals surface area contributed by atoms with Gasteiger partial charge in [0.15, 0.2) is 0 Å². The minimum Gasteiger partial charge on any atom is -0.334 e. The van der Waals surface area contributed by atoms with Gasteiger partial charge in [-0.1, -0.05) is 0 Å². The lowest BCUT2D eigenvalue weighted by Gasteiger charge is -2.29. The van der Waals surface area contributed by atoms with Crippen LogP contribution in [0.1, 0.15) is 25.7 Å². The Hall–Kier alpha value is -0.660. The van der Waals surface area contributed by atoms with E-state index in [1.807, 2.05) is 4.90 Å². The predicted molar refractivity (Wildman–Crippen MR) is 71.1 cm³/mol. The Labute approximate surface area is 114 Å². The van der Waals surface area contributed by atoms with Crippen LogP contribution in [-0.4, -0.2) is 67.5 Å². The van der Waals surface area contributed by atoms with E-state index < -0.39 is 10.0 Å². The Morgan fingerprint density at radius 1 is 1.21 bits per heavy atom. The van der Waals surface area contributed by atoms with Crippen molar-refractivity contribution in [1.82, 2.24) is 14.5 Å². The molecule has 0 radical (unpaired) electrons. The fourth-order valence-corrected chi connectivity index (χ4v) is 4.96. The second-order valence-electron chi connectivity index (χ2n) is 5.68. The van der Waals surface area contributed by atoms with E-state index >= 15 is 0 Å². The van der Waals surface area contributed by atoms with Crippen molar-refractivity contribution in [3.8, 4) is 0 Å². The lowest BCUT2D eigenvalue weighted by atomic mass is 10.1. The molecule has 1 amide bonds. The molecule has 6 nitrogen and oxygen atoms in total. The van der Waals surface area contributed by atoms with Gasteiger partial charge in [0.05, 0.1) is 12.3 Å². The fraction of sp³-hybridized carbons (Fsp3) is 0.917. The highest BCUT2D eigenvalue weighted by Gasteiger charge is 2.40. The van der Waals surface area contributed by atoms with Crippen LogP contribution in [-0.2, 0) is 14.8 Å². The van der Waals surface area contributed by atoms with E-state index in [-0.39, 0.29) is 24.2 Å². The number of nitrogens with zero attached hydrogens (tertiary/aromatic N) is 2. The van der Waals surface area contributed by atoms with E-state index in [1.54, 1.807) is 0 Å². The summed E-state index contributed by atoms with van der Waals surface area (Å²) in [6, 6.07) is 0.558. The number of hydrogen-bond donors (Lipinski definition) is 1. The van der Waals surface area contributed by atoms with Crippen LogP contribution in [0.3, 0.4) is 0 Å². The lowest BCUT2D eigenvalue weighted by molar-refractivity contribution is -0.133. The van der Waals surface area contributed by atoms with Gasteiger partial charge in [-0.05, 0) is 32.2 Å². The van der Waals surface area contributed by atoms with Crippen molar-refractivity contribution in [1.29, 1.82) is 0 Å². The molecule has 3 saturated heterocycles. The second-order valence-corrected chi connectivity index (χ2v) is 7.77. The van der Waals surface area contributed by atoms with Gasteiger partial charge in [0.25, 0.3) is 0 Å². The maximum absolute atomic E-state index is 12.4. The molecule has 7 heteroatoms. The average molecular weight is 287 g/mol. The zero-order valence-corrected chi connectivity index (χ0v) is 11.9. The van der Waals surface area contributed by atoms with Crippen LogP contribution >= 0.6 is 0 Å². The fourth-order valence-electron chi connectivity index (χ4n) is 3.49. The summed E-state index contributed by atoms with van der Waals surface area (Å²) in [5.74, 6) is 0.177. The molecule has 0 aromatic carbocycles. The van der Waals surface area contributed by atoms with Crippen molar-refractivity contribution in [2.24, 2.45) is 0 Å². The summed E-state index contributed by atoms with van der Waals surface area (Å²) < 4.78 is 24.9. The molecule has 3 aliphatic heterocycles. The van der Waals surface area contributed by atoms with Crippen molar-refractivity contribution in [2.45, 2.75) is 37.8 Å². The number of nitrogens with one attached hydrogen (secondary N) is 1. The average Bonchev–Trinajstić information content (AvgIpc) is 2.78. The Balaban J connectivity index is 1.70. The van der Waals surface area contributed by atoms with E-state index in [9.17, 15) is 13.2 Å². The van der Waals surface area contributed by atoms with Crippen LogP contribution < -0.4 is 5.32 Å². The van der Waals surface area contributed by atoms with Gasteiger partial charge in [0.1, 0.15) is 0 Å². The molecule has 2 unspecified atom stereocenters. The van der Waals surface area contributed by atoms with Crippen LogP contribution in [0.2, 0.25) is 0 Å². The smallest absolute Gasteiger partial charge is 0.238 e. The molecule has 0 saturated carbocycles. The molecular formula is C12H21N3O3S. The van der Waals surface area contributed by atoms with E-state index in [1.165, 1.54) is 4.31 Å². The summed E-state index contributed by atoms with van der Waals surface area (Å²) in [6.45, 7) is 2.33. The standard InChI is InChI=1S/C12H21N3O3S/c16-12(9-14-6-1-7-19(14,17)18)15-10-2-3-11(15)8-13-5-4-10/h10-11,13H,1-9H2. The minimum absolute atomic E-state index is 0.0123. The van der Waals surface area contributed by atoms with Gasteiger partial charge in [0.2, 0.25) is 15.9 Å². The first-order valence-electron chi connectivity index (χ1n) is 7.07. The Bertz CT molecular complexity index is 451. The van der Waals surface area contributed by atoms with E-state index in [0.717, 1.165) is 32.4 Å². The largest absolute Gasteiger partial charge is 0.334 e. The third-order valence-electron chi connectivity index (χ3n) is 4.46. The molecule has 0 aromatic rings. The second kappa shape index (κ2) is 5.03. The summed E-state index contributed by atoms with van der Waals surface area (Å²) in [6.07, 6.45) is 3.72. The summed E-state index contributed by atoms with van der Waals surface area (Å²) in [7, 11) is -3.17. The number of sulfonamides is 1. The van der Waals surface area contributed by atoms with Crippen molar-refractivity contribution in [2.75, 3.05) is 31.9 Å². The predicted octanol–water partition coefficient (Wildman–Crippen LogP) is -0.625. The molecule has 3 aliphatic rings. The van der Waals surface area contributed by atoms with Crippen LogP contribution in [0.4, 0.5) is 0 Å². The van der Waals surface area contributed by atoms with E-state index in [0.29, 0.717) is 19.0 Å². The molecule has 3 rings (SSSR count). The third kappa shape index (κ3) is 2.51. The van der Waals surface area contributed by atoms with Crippen molar-refractivity contribution in [3.05, 3.63) is 0 Å². The first kappa shape index (κ1) is 13.3. The highest BCUT2D eigenvalue weighted by Crippen LogP contribution is 2.28. The van der Waals surface area contributed by atoms with Gasteiger partial charge in [0, 0.05) is 25.2 Å². The first-order valence-corrected chi connectivity index (χ1v) is 8.68. The summed E-state index contributed by atoms with van der Waals surface area (Å²) in [4.78, 5) is 14.4. The topological polar surface area (TPSA) is 69.7 Å². The van der Waals surface area contributed by atoms with Gasteiger partial charge in [-0.3, -0.25) is 4.79 Å². The number of carbonyl (C=O) groups is 1. The Kier molecular flexibility index (Phi) is 3.53. The van der Waals surface area contributed by atoms with Gasteiger partial charge in [-0.2, -0.15) is 4.31 Å². The summed E-state index contributed by atoms with van der Waals surface area (Å²) >= 11 is 0. The van der Waals surface area contributed by atoms with E-state index in [4.69, 9.17) is 0 Å². The Morgan fingerprint density at radius 3 is 2.74 bits per heavy atom. The zero-order valence-electron chi connectivity index (χ0n) is 11.0. The van der Waals surface area contributed by atoms with Crippen LogP contribution in [0.15, 0.2) is 0 Å². The number of rotatable bonds is 2.